The summed E-state index contributed by atoms with van der Waals surface area (Å²) in [4.78, 5) is 2.22. The highest BCUT2D eigenvalue weighted by Crippen LogP contribution is 2.53. The number of hydrogen-bond acceptors (Lipinski definition) is 5. The molecular weight excluding hydrogens is 346 g/mol. The van der Waals surface area contributed by atoms with Gasteiger partial charge in [0.25, 0.3) is 0 Å². The fourth-order valence-corrected chi connectivity index (χ4v) is 4.40. The van der Waals surface area contributed by atoms with Crippen LogP contribution >= 0.6 is 11.6 Å². The van der Waals surface area contributed by atoms with E-state index in [-0.39, 0.29) is 11.6 Å². The maximum Gasteiger partial charge on any atom is 0.189 e. The van der Waals surface area contributed by atoms with E-state index >= 15 is 0 Å². The Hall–Kier alpha value is -2.65. The van der Waals surface area contributed by atoms with Crippen LogP contribution in [0.3, 0.4) is 0 Å². The zero-order chi connectivity index (χ0) is 18.9. The zero-order valence-corrected chi connectivity index (χ0v) is 15.2. The van der Waals surface area contributed by atoms with Crippen molar-refractivity contribution in [2.24, 2.45) is 17.3 Å². The van der Waals surface area contributed by atoms with E-state index in [1.165, 1.54) is 0 Å². The van der Waals surface area contributed by atoms with Crippen molar-refractivity contribution in [1.29, 1.82) is 21.2 Å². The Morgan fingerprint density at radius 2 is 2.04 bits per heavy atom. The first-order chi connectivity index (χ1) is 12.5. The van der Waals surface area contributed by atoms with Gasteiger partial charge in [0.2, 0.25) is 0 Å². The Labute approximate surface area is 158 Å². The number of fused-ring (bicyclic) bond motifs is 1. The molecule has 3 rings (SSSR count). The average molecular weight is 364 g/mol. The van der Waals surface area contributed by atoms with Gasteiger partial charge in [0.15, 0.2) is 5.41 Å². The van der Waals surface area contributed by atoms with E-state index in [1.807, 2.05) is 12.1 Å². The van der Waals surface area contributed by atoms with Crippen molar-refractivity contribution in [3.8, 4) is 18.2 Å². The molecule has 6 heteroatoms. The summed E-state index contributed by atoms with van der Waals surface area (Å²) >= 11 is 6.17. The Morgan fingerprint density at radius 3 is 2.62 bits per heavy atom. The van der Waals surface area contributed by atoms with Gasteiger partial charge in [-0.2, -0.15) is 15.8 Å². The minimum atomic E-state index is -1.68. The van der Waals surface area contributed by atoms with Gasteiger partial charge in [0.1, 0.15) is 5.92 Å². The van der Waals surface area contributed by atoms with E-state index in [4.69, 9.17) is 17.0 Å². The molecule has 0 spiro atoms. The van der Waals surface area contributed by atoms with Crippen molar-refractivity contribution < 1.29 is 0 Å². The number of nitriles is 3. The topological polar surface area (TPSA) is 98.5 Å². The number of likely N-dealkylation sites (N-methyl/N-ethyl adjacent to an activating group) is 1. The van der Waals surface area contributed by atoms with Crippen LogP contribution in [-0.4, -0.2) is 30.2 Å². The summed E-state index contributed by atoms with van der Waals surface area (Å²) in [6.45, 7) is 4.25. The van der Waals surface area contributed by atoms with Crippen LogP contribution in [0.1, 0.15) is 18.4 Å². The van der Waals surface area contributed by atoms with Crippen molar-refractivity contribution in [3.63, 3.8) is 0 Å². The Kier molecular flexibility index (Phi) is 4.84. The summed E-state index contributed by atoms with van der Waals surface area (Å²) in [5.74, 6) is -1.54. The molecule has 2 aliphatic rings. The molecule has 3 atom stereocenters. The minimum Gasteiger partial charge on any atom is -0.305 e. The standard InChI is InChI=1S/C20H18ClN5/c1-2-26-7-6-15-16(9-22)19(25)20(11-23,12-24)18(17(15)10-26)13-4-3-5-14(21)8-13/h3-6,8,16-18,25H,2,7,10H2,1H3/t16?,17-,18+/m0/s1. The van der Waals surface area contributed by atoms with Crippen LogP contribution in [0.4, 0.5) is 0 Å². The smallest absolute Gasteiger partial charge is 0.189 e. The number of rotatable bonds is 2. The van der Waals surface area contributed by atoms with Crippen LogP contribution in [0.15, 0.2) is 35.9 Å². The van der Waals surface area contributed by atoms with Crippen LogP contribution in [0.5, 0.6) is 0 Å². The second kappa shape index (κ2) is 6.93. The predicted molar refractivity (Wildman–Crippen MR) is 98.4 cm³/mol. The van der Waals surface area contributed by atoms with Gasteiger partial charge in [-0.3, -0.25) is 4.90 Å². The molecule has 1 aliphatic heterocycles. The predicted octanol–water partition coefficient (Wildman–Crippen LogP) is 3.51. The number of halogens is 1. The van der Waals surface area contributed by atoms with Gasteiger partial charge in [0.05, 0.1) is 23.9 Å². The number of hydrogen-bond donors (Lipinski definition) is 1. The molecule has 1 aliphatic carbocycles. The second-order valence-corrected chi connectivity index (χ2v) is 7.14. The number of nitrogens with one attached hydrogen (secondary N) is 1. The molecule has 1 saturated carbocycles. The van der Waals surface area contributed by atoms with Crippen molar-refractivity contribution in [2.45, 2.75) is 12.8 Å². The van der Waals surface area contributed by atoms with Crippen LogP contribution in [-0.2, 0) is 0 Å². The van der Waals surface area contributed by atoms with Gasteiger partial charge < -0.3 is 5.41 Å². The van der Waals surface area contributed by atoms with Gasteiger partial charge in [-0.25, -0.2) is 0 Å². The molecule has 1 fully saturated rings. The fraction of sp³-hybridized carbons (Fsp3) is 0.400. The number of benzene rings is 1. The second-order valence-electron chi connectivity index (χ2n) is 6.70. The first-order valence-corrected chi connectivity index (χ1v) is 8.89. The first-order valence-electron chi connectivity index (χ1n) is 8.51. The van der Waals surface area contributed by atoms with Gasteiger partial charge in [-0.05, 0) is 29.8 Å². The molecule has 1 aromatic carbocycles. The molecule has 0 aromatic heterocycles. The molecule has 0 saturated heterocycles. The van der Waals surface area contributed by atoms with Gasteiger partial charge in [0, 0.05) is 29.9 Å². The fourth-order valence-electron chi connectivity index (χ4n) is 4.20. The van der Waals surface area contributed by atoms with E-state index in [0.717, 1.165) is 17.7 Å². The third-order valence-corrected chi connectivity index (χ3v) is 5.76. The molecule has 130 valence electrons. The molecule has 0 amide bonds. The van der Waals surface area contributed by atoms with Crippen molar-refractivity contribution >= 4 is 17.3 Å². The van der Waals surface area contributed by atoms with Gasteiger partial charge in [-0.15, -0.1) is 0 Å². The molecule has 5 nitrogen and oxygen atoms in total. The lowest BCUT2D eigenvalue weighted by Gasteiger charge is -2.47. The lowest BCUT2D eigenvalue weighted by molar-refractivity contribution is 0.212. The van der Waals surface area contributed by atoms with E-state index in [1.54, 1.807) is 18.2 Å². The highest BCUT2D eigenvalue weighted by atomic mass is 35.5. The largest absolute Gasteiger partial charge is 0.305 e. The summed E-state index contributed by atoms with van der Waals surface area (Å²) in [5, 5.41) is 38.6. The molecular formula is C20H18ClN5. The Balaban J connectivity index is 2.26. The van der Waals surface area contributed by atoms with E-state index in [9.17, 15) is 15.8 Å². The summed E-state index contributed by atoms with van der Waals surface area (Å²) < 4.78 is 0. The summed E-state index contributed by atoms with van der Waals surface area (Å²) in [7, 11) is 0. The quantitative estimate of drug-likeness (QED) is 0.812. The highest BCUT2D eigenvalue weighted by molar-refractivity contribution is 6.30. The van der Waals surface area contributed by atoms with E-state index in [2.05, 4.69) is 30.0 Å². The van der Waals surface area contributed by atoms with Gasteiger partial charge >= 0.3 is 0 Å². The first kappa shape index (κ1) is 18.2. The highest BCUT2D eigenvalue weighted by Gasteiger charge is 2.57. The van der Waals surface area contributed by atoms with Crippen LogP contribution in [0.2, 0.25) is 5.02 Å². The van der Waals surface area contributed by atoms with Gasteiger partial charge in [-0.1, -0.05) is 36.7 Å². The van der Waals surface area contributed by atoms with Crippen molar-refractivity contribution in [1.82, 2.24) is 4.90 Å². The molecule has 26 heavy (non-hydrogen) atoms. The summed E-state index contributed by atoms with van der Waals surface area (Å²) in [5.41, 5.74) is -0.185. The van der Waals surface area contributed by atoms with Crippen LogP contribution in [0.25, 0.3) is 0 Å². The van der Waals surface area contributed by atoms with Crippen LogP contribution in [0, 0.1) is 56.7 Å². The van der Waals surface area contributed by atoms with Crippen molar-refractivity contribution in [2.75, 3.05) is 19.6 Å². The maximum atomic E-state index is 9.95. The SMILES string of the molecule is CCN1CC=C2C(C#N)C(=N)C(C#N)(C#N)[C@H](c3cccc(Cl)c3)[C@H]2C1. The van der Waals surface area contributed by atoms with Crippen molar-refractivity contribution in [3.05, 3.63) is 46.5 Å². The number of nitrogens with zero attached hydrogens (tertiary/aromatic N) is 4. The summed E-state index contributed by atoms with van der Waals surface area (Å²) in [6.07, 6.45) is 2.00. The van der Waals surface area contributed by atoms with Crippen LogP contribution < -0.4 is 0 Å². The van der Waals surface area contributed by atoms with E-state index in [0.29, 0.717) is 18.1 Å². The monoisotopic (exact) mass is 363 g/mol. The maximum absolute atomic E-state index is 9.95. The average Bonchev–Trinajstić information content (AvgIpc) is 2.66. The molecule has 1 heterocycles. The third-order valence-electron chi connectivity index (χ3n) is 5.52. The minimum absolute atomic E-state index is 0.123. The molecule has 0 radical (unpaired) electrons. The summed E-state index contributed by atoms with van der Waals surface area (Å²) in [6, 6.07) is 13.5. The zero-order valence-electron chi connectivity index (χ0n) is 14.4. The molecule has 1 aromatic rings. The molecule has 0 bridgehead atoms. The lowest BCUT2D eigenvalue weighted by atomic mass is 9.54. The Bertz CT molecular complexity index is 884. The lowest BCUT2D eigenvalue weighted by Crippen LogP contribution is -2.52. The normalized spacial score (nSPS) is 27.4. The molecule has 1 unspecified atom stereocenters. The Morgan fingerprint density at radius 1 is 1.31 bits per heavy atom. The third kappa shape index (κ3) is 2.60. The van der Waals surface area contributed by atoms with E-state index < -0.39 is 17.3 Å². The molecule has 1 N–H and O–H groups in total.